The van der Waals surface area contributed by atoms with Gasteiger partial charge in [0.15, 0.2) is 0 Å². The zero-order valence-corrected chi connectivity index (χ0v) is 7.14. The van der Waals surface area contributed by atoms with Crippen LogP contribution in [0.1, 0.15) is 13.8 Å². The first kappa shape index (κ1) is 16.1. The second-order valence-corrected chi connectivity index (χ2v) is 0.953. The summed E-state index contributed by atoms with van der Waals surface area (Å²) in [7, 11) is 0. The summed E-state index contributed by atoms with van der Waals surface area (Å²) in [6, 6.07) is 0. The number of rotatable bonds is 1. The van der Waals surface area contributed by atoms with E-state index in [9.17, 15) is 0 Å². The van der Waals surface area contributed by atoms with Gasteiger partial charge in [-0.05, 0) is 13.8 Å². The molecule has 0 N–H and O–H groups in total. The topological polar surface area (TPSA) is 0 Å². The van der Waals surface area contributed by atoms with Crippen LogP contribution in [-0.2, 0) is 0 Å². The van der Waals surface area contributed by atoms with Crippen LogP contribution in [0.5, 0.6) is 0 Å². The SMILES string of the molecule is CC.[CH2]/C=C\C=C.[CH2]C=C. The molecular weight excluding hydrogens is 120 g/mol. The molecule has 0 unspecified atom stereocenters. The third kappa shape index (κ3) is 188. The summed E-state index contributed by atoms with van der Waals surface area (Å²) in [5, 5.41) is 0. The van der Waals surface area contributed by atoms with Gasteiger partial charge in [0.25, 0.3) is 0 Å². The van der Waals surface area contributed by atoms with Crippen molar-refractivity contribution in [3.8, 4) is 0 Å². The van der Waals surface area contributed by atoms with E-state index in [1.807, 2.05) is 13.8 Å². The number of allylic oxidation sites excluding steroid dienone is 4. The monoisotopic (exact) mass is 138 g/mol. The third-order valence-corrected chi connectivity index (χ3v) is 0.272. The lowest BCUT2D eigenvalue weighted by Crippen LogP contribution is -1.34. The van der Waals surface area contributed by atoms with Crippen molar-refractivity contribution < 1.29 is 0 Å². The van der Waals surface area contributed by atoms with Crippen LogP contribution in [0, 0.1) is 13.8 Å². The molecule has 0 aromatic heterocycles. The highest BCUT2D eigenvalue weighted by atomic mass is 13.5. The molecule has 0 aliphatic rings. The maximum Gasteiger partial charge on any atom is -0.0313 e. The minimum Gasteiger partial charge on any atom is -0.103 e. The van der Waals surface area contributed by atoms with Crippen LogP contribution < -0.4 is 0 Å². The van der Waals surface area contributed by atoms with Crippen molar-refractivity contribution in [1.82, 2.24) is 0 Å². The summed E-state index contributed by atoms with van der Waals surface area (Å²) in [6.07, 6.45) is 6.65. The number of hydrogen-bond acceptors (Lipinski definition) is 0. The van der Waals surface area contributed by atoms with Crippen molar-refractivity contribution >= 4 is 0 Å². The van der Waals surface area contributed by atoms with Crippen LogP contribution in [0.2, 0.25) is 0 Å². The van der Waals surface area contributed by atoms with Crippen molar-refractivity contribution in [2.75, 3.05) is 0 Å². The van der Waals surface area contributed by atoms with E-state index in [1.54, 1.807) is 18.2 Å². The molecule has 0 rings (SSSR count). The zero-order valence-electron chi connectivity index (χ0n) is 7.14. The Bertz CT molecular complexity index is 68.1. The lowest BCUT2D eigenvalue weighted by Gasteiger charge is -1.55. The van der Waals surface area contributed by atoms with E-state index in [4.69, 9.17) is 0 Å². The molecule has 0 aromatic rings. The van der Waals surface area contributed by atoms with Crippen LogP contribution in [0.3, 0.4) is 0 Å². The maximum absolute atomic E-state index is 3.42. The quantitative estimate of drug-likeness (QED) is 0.486. The summed E-state index contributed by atoms with van der Waals surface area (Å²) < 4.78 is 0. The fourth-order valence-corrected chi connectivity index (χ4v) is 0.0962. The molecule has 10 heavy (non-hydrogen) atoms. The van der Waals surface area contributed by atoms with E-state index in [-0.39, 0.29) is 0 Å². The number of hydrogen-bond donors (Lipinski definition) is 0. The second-order valence-electron chi connectivity index (χ2n) is 0.953. The molecule has 0 fully saturated rings. The van der Waals surface area contributed by atoms with Gasteiger partial charge in [-0.2, -0.15) is 0 Å². The van der Waals surface area contributed by atoms with Crippen LogP contribution in [0.15, 0.2) is 37.5 Å². The van der Waals surface area contributed by atoms with Gasteiger partial charge in [0.1, 0.15) is 0 Å². The smallest absolute Gasteiger partial charge is 0.0313 e. The average molecular weight is 138 g/mol. The molecule has 0 atom stereocenters. The van der Waals surface area contributed by atoms with Crippen LogP contribution in [0.4, 0.5) is 0 Å². The molecule has 0 bridgehead atoms. The highest BCUT2D eigenvalue weighted by Gasteiger charge is 1.42. The van der Waals surface area contributed by atoms with Crippen molar-refractivity contribution in [3.05, 3.63) is 51.3 Å². The highest BCUT2D eigenvalue weighted by molar-refractivity contribution is 4.98. The second kappa shape index (κ2) is 41.3. The Hall–Kier alpha value is -0.780. The standard InChI is InChI=1S/C5H7.C3H5.C2H6/c1-3-5-4-2;1-3-2;1-2/h3-5H,1-2H2;3H,1-2H2;1-2H3/b5-3-;;. The van der Waals surface area contributed by atoms with Crippen molar-refractivity contribution in [2.45, 2.75) is 13.8 Å². The van der Waals surface area contributed by atoms with Crippen LogP contribution in [-0.4, -0.2) is 0 Å². The first-order valence-electron chi connectivity index (χ1n) is 3.30. The van der Waals surface area contributed by atoms with Crippen LogP contribution in [0.25, 0.3) is 0 Å². The van der Waals surface area contributed by atoms with E-state index in [0.29, 0.717) is 0 Å². The van der Waals surface area contributed by atoms with E-state index >= 15 is 0 Å². The maximum atomic E-state index is 3.42. The molecule has 0 saturated carbocycles. The summed E-state index contributed by atoms with van der Waals surface area (Å²) in [5.41, 5.74) is 0. The Kier molecular flexibility index (Phi) is 66.5. The van der Waals surface area contributed by atoms with Gasteiger partial charge in [-0.25, -0.2) is 0 Å². The normalized spacial score (nSPS) is 6.40. The molecule has 0 saturated heterocycles. The summed E-state index contributed by atoms with van der Waals surface area (Å²) >= 11 is 0. The molecule has 0 heteroatoms. The fraction of sp³-hybridized carbons (Fsp3) is 0.200. The van der Waals surface area contributed by atoms with Crippen molar-refractivity contribution in [3.63, 3.8) is 0 Å². The first-order valence-corrected chi connectivity index (χ1v) is 3.30. The van der Waals surface area contributed by atoms with E-state index in [2.05, 4.69) is 27.0 Å². The molecular formula is C10H18. The van der Waals surface area contributed by atoms with Gasteiger partial charge in [-0.15, -0.1) is 6.58 Å². The first-order chi connectivity index (χ1) is 4.83. The Morgan fingerprint density at radius 3 is 1.30 bits per heavy atom. The zero-order chi connectivity index (χ0) is 8.83. The van der Waals surface area contributed by atoms with Gasteiger partial charge in [0.05, 0.1) is 0 Å². The Morgan fingerprint density at radius 2 is 1.30 bits per heavy atom. The molecule has 0 aliphatic heterocycles. The molecule has 0 nitrogen and oxygen atoms in total. The lowest BCUT2D eigenvalue weighted by atomic mass is 10.5. The summed E-state index contributed by atoms with van der Waals surface area (Å²) in [6.45, 7) is 17.3. The van der Waals surface area contributed by atoms with Gasteiger partial charge in [-0.3, -0.25) is 0 Å². The minimum atomic E-state index is 1.50. The predicted octanol–water partition coefficient (Wildman–Crippen LogP) is 3.60. The minimum absolute atomic E-state index is 1.50. The van der Waals surface area contributed by atoms with Gasteiger partial charge < -0.3 is 0 Å². The lowest BCUT2D eigenvalue weighted by molar-refractivity contribution is 1.50. The third-order valence-electron chi connectivity index (χ3n) is 0.272. The summed E-state index contributed by atoms with van der Waals surface area (Å²) in [4.78, 5) is 0. The van der Waals surface area contributed by atoms with Gasteiger partial charge in [0.2, 0.25) is 0 Å². The molecule has 58 valence electrons. The fourth-order valence-electron chi connectivity index (χ4n) is 0.0962. The van der Waals surface area contributed by atoms with Gasteiger partial charge in [-0.1, -0.05) is 44.7 Å². The Morgan fingerprint density at radius 1 is 1.00 bits per heavy atom. The average Bonchev–Trinajstić information content (AvgIpc) is 1.96. The highest BCUT2D eigenvalue weighted by Crippen LogP contribution is 1.63. The van der Waals surface area contributed by atoms with E-state index < -0.39 is 0 Å². The largest absolute Gasteiger partial charge is 0.103 e. The van der Waals surface area contributed by atoms with E-state index in [0.717, 1.165) is 0 Å². The molecule has 0 heterocycles. The summed E-state index contributed by atoms with van der Waals surface area (Å²) in [5.74, 6) is 0. The van der Waals surface area contributed by atoms with Crippen molar-refractivity contribution in [2.24, 2.45) is 0 Å². The Labute approximate surface area is 66.0 Å². The molecule has 0 aromatic carbocycles. The molecule has 2 radical (unpaired) electrons. The van der Waals surface area contributed by atoms with Crippen molar-refractivity contribution in [1.29, 1.82) is 0 Å². The van der Waals surface area contributed by atoms with Gasteiger partial charge >= 0.3 is 0 Å². The molecule has 0 aliphatic carbocycles. The van der Waals surface area contributed by atoms with E-state index in [1.165, 1.54) is 6.08 Å². The van der Waals surface area contributed by atoms with Crippen LogP contribution >= 0.6 is 0 Å². The predicted molar refractivity (Wildman–Crippen MR) is 51.6 cm³/mol. The molecule has 0 spiro atoms. The van der Waals surface area contributed by atoms with Gasteiger partial charge in [0, 0.05) is 0 Å². The Balaban J connectivity index is -0.0000000847. The molecule has 0 amide bonds.